The van der Waals surface area contributed by atoms with E-state index in [2.05, 4.69) is 75.6 Å². The highest BCUT2D eigenvalue weighted by Gasteiger charge is 2.08. The van der Waals surface area contributed by atoms with Crippen molar-refractivity contribution in [1.29, 1.82) is 0 Å². The molecule has 0 aliphatic carbocycles. The maximum atomic E-state index is 4.69. The third-order valence-corrected chi connectivity index (χ3v) is 4.34. The number of rotatable bonds is 4. The van der Waals surface area contributed by atoms with Gasteiger partial charge in [0.25, 0.3) is 0 Å². The Bertz CT molecular complexity index is 755. The van der Waals surface area contributed by atoms with Crippen molar-refractivity contribution in [3.05, 3.63) is 76.4 Å². The lowest BCUT2D eigenvalue weighted by molar-refractivity contribution is 0.567. The van der Waals surface area contributed by atoms with Gasteiger partial charge in [0.05, 0.1) is 11.2 Å². The lowest BCUT2D eigenvalue weighted by Gasteiger charge is -2.15. The van der Waals surface area contributed by atoms with E-state index < -0.39 is 0 Å². The van der Waals surface area contributed by atoms with E-state index in [0.717, 1.165) is 22.2 Å². The van der Waals surface area contributed by atoms with Gasteiger partial charge in [0.1, 0.15) is 0 Å². The summed E-state index contributed by atoms with van der Waals surface area (Å²) in [6, 6.07) is 21.0. The molecule has 21 heavy (non-hydrogen) atoms. The average Bonchev–Trinajstić information content (AvgIpc) is 2.53. The monoisotopic (exact) mass is 340 g/mol. The molecule has 0 spiro atoms. The minimum absolute atomic E-state index is 0.272. The van der Waals surface area contributed by atoms with Gasteiger partial charge >= 0.3 is 0 Å². The van der Waals surface area contributed by atoms with Gasteiger partial charge < -0.3 is 5.32 Å². The van der Waals surface area contributed by atoms with Gasteiger partial charge in [0.2, 0.25) is 0 Å². The van der Waals surface area contributed by atoms with E-state index in [1.165, 1.54) is 10.9 Å². The Morgan fingerprint density at radius 3 is 2.62 bits per heavy atom. The van der Waals surface area contributed by atoms with E-state index in [1.807, 2.05) is 18.2 Å². The Labute approximate surface area is 133 Å². The number of pyridine rings is 1. The SMILES string of the molecule is C[C@@H](NCc1ccc2ccccc2n1)c1ccccc1Br. The van der Waals surface area contributed by atoms with Crippen LogP contribution in [0, 0.1) is 0 Å². The second-order valence-electron chi connectivity index (χ2n) is 5.12. The predicted molar refractivity (Wildman–Crippen MR) is 91.1 cm³/mol. The maximum absolute atomic E-state index is 4.69. The molecule has 0 radical (unpaired) electrons. The van der Waals surface area contributed by atoms with Gasteiger partial charge in [0.15, 0.2) is 0 Å². The first-order valence-electron chi connectivity index (χ1n) is 7.06. The van der Waals surface area contributed by atoms with E-state index in [1.54, 1.807) is 0 Å². The van der Waals surface area contributed by atoms with E-state index in [4.69, 9.17) is 0 Å². The smallest absolute Gasteiger partial charge is 0.0705 e. The van der Waals surface area contributed by atoms with Gasteiger partial charge in [0, 0.05) is 22.4 Å². The van der Waals surface area contributed by atoms with Crippen LogP contribution in [0.5, 0.6) is 0 Å². The second-order valence-corrected chi connectivity index (χ2v) is 5.97. The molecule has 2 aromatic carbocycles. The second kappa shape index (κ2) is 6.37. The number of nitrogens with zero attached hydrogens (tertiary/aromatic N) is 1. The highest BCUT2D eigenvalue weighted by Crippen LogP contribution is 2.23. The van der Waals surface area contributed by atoms with Gasteiger partial charge in [-0.2, -0.15) is 0 Å². The summed E-state index contributed by atoms with van der Waals surface area (Å²) >= 11 is 3.60. The molecule has 0 fully saturated rings. The van der Waals surface area contributed by atoms with Crippen LogP contribution in [0.25, 0.3) is 10.9 Å². The molecule has 1 N–H and O–H groups in total. The van der Waals surface area contributed by atoms with Crippen LogP contribution in [0.2, 0.25) is 0 Å². The van der Waals surface area contributed by atoms with Crippen LogP contribution < -0.4 is 5.32 Å². The van der Waals surface area contributed by atoms with Crippen LogP contribution in [-0.4, -0.2) is 4.98 Å². The molecule has 3 rings (SSSR count). The summed E-state index contributed by atoms with van der Waals surface area (Å²) < 4.78 is 1.14. The summed E-state index contributed by atoms with van der Waals surface area (Å²) in [5.74, 6) is 0. The number of fused-ring (bicyclic) bond motifs is 1. The molecular weight excluding hydrogens is 324 g/mol. The number of hydrogen-bond acceptors (Lipinski definition) is 2. The van der Waals surface area contributed by atoms with Crippen LogP contribution in [0.4, 0.5) is 0 Å². The van der Waals surface area contributed by atoms with Gasteiger partial charge in [-0.15, -0.1) is 0 Å². The molecular formula is C18H17BrN2. The molecule has 106 valence electrons. The molecule has 0 amide bonds. The van der Waals surface area contributed by atoms with Crippen molar-refractivity contribution < 1.29 is 0 Å². The fourth-order valence-electron chi connectivity index (χ4n) is 2.40. The van der Waals surface area contributed by atoms with Gasteiger partial charge in [-0.05, 0) is 30.7 Å². The van der Waals surface area contributed by atoms with Crippen LogP contribution in [0.15, 0.2) is 65.1 Å². The van der Waals surface area contributed by atoms with Crippen molar-refractivity contribution in [3.63, 3.8) is 0 Å². The minimum atomic E-state index is 0.272. The number of hydrogen-bond donors (Lipinski definition) is 1. The highest BCUT2D eigenvalue weighted by molar-refractivity contribution is 9.10. The van der Waals surface area contributed by atoms with E-state index in [-0.39, 0.29) is 6.04 Å². The first-order valence-corrected chi connectivity index (χ1v) is 7.86. The summed E-state index contributed by atoms with van der Waals surface area (Å²) in [6.07, 6.45) is 0. The zero-order chi connectivity index (χ0) is 14.7. The van der Waals surface area contributed by atoms with Crippen molar-refractivity contribution >= 4 is 26.8 Å². The van der Waals surface area contributed by atoms with E-state index >= 15 is 0 Å². The first-order chi connectivity index (χ1) is 10.2. The molecule has 1 atom stereocenters. The molecule has 0 unspecified atom stereocenters. The number of benzene rings is 2. The number of aromatic nitrogens is 1. The van der Waals surface area contributed by atoms with Crippen LogP contribution in [0.1, 0.15) is 24.2 Å². The van der Waals surface area contributed by atoms with Crippen LogP contribution >= 0.6 is 15.9 Å². The fourth-order valence-corrected chi connectivity index (χ4v) is 3.03. The third kappa shape index (κ3) is 3.31. The molecule has 0 bridgehead atoms. The molecule has 0 saturated carbocycles. The Morgan fingerprint density at radius 2 is 1.76 bits per heavy atom. The summed E-state index contributed by atoms with van der Waals surface area (Å²) in [5, 5.41) is 4.71. The lowest BCUT2D eigenvalue weighted by Crippen LogP contribution is -2.19. The number of nitrogens with one attached hydrogen (secondary N) is 1. The Hall–Kier alpha value is -1.71. The molecule has 0 saturated heterocycles. The van der Waals surface area contributed by atoms with Crippen molar-refractivity contribution in [1.82, 2.24) is 10.3 Å². The summed E-state index contributed by atoms with van der Waals surface area (Å²) in [4.78, 5) is 4.69. The summed E-state index contributed by atoms with van der Waals surface area (Å²) in [7, 11) is 0. The number of para-hydroxylation sites is 1. The lowest BCUT2D eigenvalue weighted by atomic mass is 10.1. The topological polar surface area (TPSA) is 24.9 Å². The van der Waals surface area contributed by atoms with Crippen molar-refractivity contribution in [3.8, 4) is 0 Å². The van der Waals surface area contributed by atoms with Crippen molar-refractivity contribution in [2.45, 2.75) is 19.5 Å². The Kier molecular flexibility index (Phi) is 4.32. The largest absolute Gasteiger partial charge is 0.305 e. The Balaban J connectivity index is 1.73. The molecule has 2 nitrogen and oxygen atoms in total. The summed E-state index contributed by atoms with van der Waals surface area (Å²) in [6.45, 7) is 2.93. The summed E-state index contributed by atoms with van der Waals surface area (Å²) in [5.41, 5.74) is 3.37. The highest BCUT2D eigenvalue weighted by atomic mass is 79.9. The zero-order valence-corrected chi connectivity index (χ0v) is 13.5. The molecule has 1 heterocycles. The van der Waals surface area contributed by atoms with E-state index in [0.29, 0.717) is 0 Å². The molecule has 0 aliphatic heterocycles. The third-order valence-electron chi connectivity index (χ3n) is 3.62. The van der Waals surface area contributed by atoms with Crippen LogP contribution in [0.3, 0.4) is 0 Å². The standard InChI is InChI=1S/C18H17BrN2/c1-13(16-7-3-4-8-17(16)19)20-12-15-11-10-14-6-2-5-9-18(14)21-15/h2-11,13,20H,12H2,1H3/t13-/m1/s1. The fraction of sp³-hybridized carbons (Fsp3) is 0.167. The molecule has 3 aromatic rings. The zero-order valence-electron chi connectivity index (χ0n) is 11.9. The quantitative estimate of drug-likeness (QED) is 0.734. The number of halogens is 1. The molecule has 1 aromatic heterocycles. The van der Waals surface area contributed by atoms with Gasteiger partial charge in [-0.3, -0.25) is 4.98 Å². The van der Waals surface area contributed by atoms with Gasteiger partial charge in [-0.1, -0.05) is 58.4 Å². The molecule has 0 aliphatic rings. The minimum Gasteiger partial charge on any atom is -0.305 e. The molecule has 3 heteroatoms. The Morgan fingerprint density at radius 1 is 1.00 bits per heavy atom. The average molecular weight is 341 g/mol. The normalized spacial score (nSPS) is 12.5. The van der Waals surface area contributed by atoms with Crippen molar-refractivity contribution in [2.75, 3.05) is 0 Å². The van der Waals surface area contributed by atoms with Crippen molar-refractivity contribution in [2.24, 2.45) is 0 Å². The van der Waals surface area contributed by atoms with Crippen LogP contribution in [-0.2, 0) is 6.54 Å². The first kappa shape index (κ1) is 14.2. The van der Waals surface area contributed by atoms with E-state index in [9.17, 15) is 0 Å². The predicted octanol–water partition coefficient (Wildman–Crippen LogP) is 4.85. The van der Waals surface area contributed by atoms with Gasteiger partial charge in [-0.25, -0.2) is 0 Å². The maximum Gasteiger partial charge on any atom is 0.0705 e.